The highest BCUT2D eigenvalue weighted by molar-refractivity contribution is 7.99. The Bertz CT molecular complexity index is 725. The van der Waals surface area contributed by atoms with Crippen molar-refractivity contribution in [2.24, 2.45) is 7.05 Å². The molecule has 0 amide bonds. The van der Waals surface area contributed by atoms with Crippen LogP contribution >= 0.6 is 35.0 Å². The van der Waals surface area contributed by atoms with Crippen LogP contribution in [0.2, 0.25) is 10.0 Å². The van der Waals surface area contributed by atoms with Crippen LogP contribution in [0.1, 0.15) is 31.3 Å². The SMILES string of the molecule is CC(C)c1nc(COC2OCCO2)n(C)c1Sc1cc(Cl)cc(Cl)c1. The van der Waals surface area contributed by atoms with Crippen molar-refractivity contribution in [2.75, 3.05) is 13.2 Å². The van der Waals surface area contributed by atoms with Crippen molar-refractivity contribution >= 4 is 35.0 Å². The van der Waals surface area contributed by atoms with Crippen LogP contribution in [0.15, 0.2) is 28.1 Å². The van der Waals surface area contributed by atoms with Gasteiger partial charge in [-0.05, 0) is 24.1 Å². The molecule has 2 heterocycles. The average Bonchev–Trinajstić information content (AvgIpc) is 3.14. The topological polar surface area (TPSA) is 45.5 Å². The Morgan fingerprint density at radius 1 is 1.24 bits per heavy atom. The van der Waals surface area contributed by atoms with E-state index >= 15 is 0 Å². The molecule has 1 saturated heterocycles. The monoisotopic (exact) mass is 402 g/mol. The van der Waals surface area contributed by atoms with Crippen LogP contribution in [-0.4, -0.2) is 29.2 Å². The molecule has 0 atom stereocenters. The largest absolute Gasteiger partial charge is 0.327 e. The number of halogens is 2. The lowest BCUT2D eigenvalue weighted by molar-refractivity contribution is -0.237. The number of hydrogen-bond acceptors (Lipinski definition) is 5. The first-order chi connectivity index (χ1) is 11.9. The summed E-state index contributed by atoms with van der Waals surface area (Å²) < 4.78 is 18.3. The molecule has 0 saturated carbocycles. The zero-order valence-corrected chi connectivity index (χ0v) is 16.6. The highest BCUT2D eigenvalue weighted by Crippen LogP contribution is 2.36. The van der Waals surface area contributed by atoms with Crippen LogP contribution < -0.4 is 0 Å². The van der Waals surface area contributed by atoms with Crippen LogP contribution in [0.4, 0.5) is 0 Å². The fourth-order valence-corrected chi connectivity index (χ4v) is 4.33. The lowest BCUT2D eigenvalue weighted by atomic mass is 10.2. The van der Waals surface area contributed by atoms with Crippen molar-refractivity contribution < 1.29 is 14.2 Å². The van der Waals surface area contributed by atoms with E-state index in [0.29, 0.717) is 29.9 Å². The molecule has 0 aliphatic carbocycles. The molecular formula is C17H20Cl2N2O3S. The van der Waals surface area contributed by atoms with Crippen molar-refractivity contribution in [3.05, 3.63) is 39.8 Å². The summed E-state index contributed by atoms with van der Waals surface area (Å²) in [6.45, 7) is 5.05. The van der Waals surface area contributed by atoms with Gasteiger partial charge in [-0.1, -0.05) is 48.8 Å². The Morgan fingerprint density at radius 3 is 2.48 bits per heavy atom. The number of ether oxygens (including phenoxy) is 3. The second kappa shape index (κ2) is 8.29. The van der Waals surface area contributed by atoms with Gasteiger partial charge in [-0.3, -0.25) is 0 Å². The third-order valence-corrected chi connectivity index (χ3v) is 5.28. The Kier molecular flexibility index (Phi) is 6.30. The van der Waals surface area contributed by atoms with E-state index in [1.165, 1.54) is 0 Å². The average molecular weight is 403 g/mol. The molecule has 1 aromatic heterocycles. The van der Waals surface area contributed by atoms with Crippen molar-refractivity contribution in [2.45, 2.75) is 42.8 Å². The van der Waals surface area contributed by atoms with E-state index in [1.54, 1.807) is 17.8 Å². The van der Waals surface area contributed by atoms with Crippen molar-refractivity contribution in [3.8, 4) is 0 Å². The zero-order chi connectivity index (χ0) is 18.0. The van der Waals surface area contributed by atoms with Crippen molar-refractivity contribution in [1.82, 2.24) is 9.55 Å². The van der Waals surface area contributed by atoms with Crippen LogP contribution in [0, 0.1) is 0 Å². The molecule has 0 radical (unpaired) electrons. The van der Waals surface area contributed by atoms with E-state index in [4.69, 9.17) is 42.4 Å². The third kappa shape index (κ3) is 4.70. The van der Waals surface area contributed by atoms with Gasteiger partial charge in [0.2, 0.25) is 0 Å². The summed E-state index contributed by atoms with van der Waals surface area (Å²) in [4.78, 5) is 5.72. The van der Waals surface area contributed by atoms with Crippen molar-refractivity contribution in [1.29, 1.82) is 0 Å². The first kappa shape index (κ1) is 19.0. The van der Waals surface area contributed by atoms with E-state index in [-0.39, 0.29) is 5.92 Å². The molecule has 0 N–H and O–H groups in total. The molecule has 0 spiro atoms. The molecule has 5 nitrogen and oxygen atoms in total. The maximum Gasteiger partial charge on any atom is 0.272 e. The highest BCUT2D eigenvalue weighted by atomic mass is 35.5. The molecule has 1 aliphatic heterocycles. The Morgan fingerprint density at radius 2 is 1.88 bits per heavy atom. The predicted molar refractivity (Wildman–Crippen MR) is 98.4 cm³/mol. The van der Waals surface area contributed by atoms with Crippen LogP contribution in [-0.2, 0) is 27.9 Å². The molecule has 8 heteroatoms. The zero-order valence-electron chi connectivity index (χ0n) is 14.3. The van der Waals surface area contributed by atoms with E-state index in [0.717, 1.165) is 21.4 Å². The minimum absolute atomic E-state index is 0.274. The van der Waals surface area contributed by atoms with Gasteiger partial charge >= 0.3 is 0 Å². The highest BCUT2D eigenvalue weighted by Gasteiger charge is 2.21. The molecule has 0 bridgehead atoms. The molecule has 2 aromatic rings. The van der Waals surface area contributed by atoms with Gasteiger partial charge in [0.1, 0.15) is 17.5 Å². The molecule has 1 fully saturated rings. The minimum atomic E-state index is -0.609. The van der Waals surface area contributed by atoms with Crippen molar-refractivity contribution in [3.63, 3.8) is 0 Å². The number of nitrogens with zero attached hydrogens (tertiary/aromatic N) is 2. The smallest absolute Gasteiger partial charge is 0.272 e. The first-order valence-electron chi connectivity index (χ1n) is 7.98. The molecular weight excluding hydrogens is 383 g/mol. The summed E-state index contributed by atoms with van der Waals surface area (Å²) in [5.74, 6) is 1.09. The van der Waals surface area contributed by atoms with Gasteiger partial charge in [-0.25, -0.2) is 4.98 Å². The van der Waals surface area contributed by atoms with Gasteiger partial charge in [0.05, 0.1) is 18.9 Å². The predicted octanol–water partition coefficient (Wildman–Crippen LogP) is 4.85. The van der Waals surface area contributed by atoms with E-state index in [2.05, 4.69) is 13.8 Å². The summed E-state index contributed by atoms with van der Waals surface area (Å²) in [5, 5.41) is 2.27. The van der Waals surface area contributed by atoms with Gasteiger partial charge in [-0.15, -0.1) is 0 Å². The molecule has 1 aliphatic rings. The second-order valence-electron chi connectivity index (χ2n) is 5.98. The summed E-state index contributed by atoms with van der Waals surface area (Å²) in [6, 6.07) is 5.51. The van der Waals surface area contributed by atoms with E-state index < -0.39 is 6.48 Å². The lowest BCUT2D eigenvalue weighted by Crippen LogP contribution is -2.14. The quantitative estimate of drug-likeness (QED) is 0.690. The lowest BCUT2D eigenvalue weighted by Gasteiger charge is -2.11. The van der Waals surface area contributed by atoms with Gasteiger partial charge in [0.15, 0.2) is 0 Å². The number of benzene rings is 1. The van der Waals surface area contributed by atoms with Gasteiger partial charge in [-0.2, -0.15) is 0 Å². The van der Waals surface area contributed by atoms with E-state index in [1.807, 2.05) is 23.7 Å². The molecule has 136 valence electrons. The summed E-state index contributed by atoms with van der Waals surface area (Å²) in [7, 11) is 1.97. The van der Waals surface area contributed by atoms with Gasteiger partial charge < -0.3 is 18.8 Å². The van der Waals surface area contributed by atoms with Crippen LogP contribution in [0.5, 0.6) is 0 Å². The van der Waals surface area contributed by atoms with Crippen LogP contribution in [0.3, 0.4) is 0 Å². The third-order valence-electron chi connectivity index (χ3n) is 3.70. The number of aromatic nitrogens is 2. The number of rotatable bonds is 6. The second-order valence-corrected chi connectivity index (χ2v) is 7.92. The number of hydrogen-bond donors (Lipinski definition) is 0. The van der Waals surface area contributed by atoms with Gasteiger partial charge in [0.25, 0.3) is 6.48 Å². The molecule has 3 rings (SSSR count). The van der Waals surface area contributed by atoms with Gasteiger partial charge in [0, 0.05) is 22.0 Å². The molecule has 0 unspecified atom stereocenters. The Balaban J connectivity index is 1.83. The maximum absolute atomic E-state index is 6.12. The minimum Gasteiger partial charge on any atom is -0.327 e. The standard InChI is InChI=1S/C17H20Cl2N2O3S/c1-10(2)15-16(25-13-7-11(18)6-12(19)8-13)21(3)14(20-15)9-24-17-22-4-5-23-17/h6-8,10,17H,4-5,9H2,1-3H3. The summed E-state index contributed by atoms with van der Waals surface area (Å²) in [5.41, 5.74) is 1.01. The maximum atomic E-state index is 6.12. The molecule has 25 heavy (non-hydrogen) atoms. The van der Waals surface area contributed by atoms with Crippen LogP contribution in [0.25, 0.3) is 0 Å². The first-order valence-corrected chi connectivity index (χ1v) is 9.55. The van der Waals surface area contributed by atoms with E-state index in [9.17, 15) is 0 Å². The normalized spacial score (nSPS) is 15.4. The fraction of sp³-hybridized carbons (Fsp3) is 0.471. The Labute approximate surface area is 161 Å². The number of imidazole rings is 1. The molecule has 1 aromatic carbocycles. The summed E-state index contributed by atoms with van der Waals surface area (Å²) >= 11 is 13.8. The fourth-order valence-electron chi connectivity index (χ4n) is 2.45. The summed E-state index contributed by atoms with van der Waals surface area (Å²) in [6.07, 6.45) is 0. The Hall–Kier alpha value is -0.760.